The van der Waals surface area contributed by atoms with Crippen LogP contribution in [0.2, 0.25) is 0 Å². The van der Waals surface area contributed by atoms with E-state index in [9.17, 15) is 15.0 Å². The third-order valence-corrected chi connectivity index (χ3v) is 3.23. The van der Waals surface area contributed by atoms with E-state index in [1.807, 2.05) is 0 Å². The van der Waals surface area contributed by atoms with Crippen molar-refractivity contribution in [3.05, 3.63) is 36.5 Å². The molecule has 4 heteroatoms. The molecule has 3 N–H and O–H groups in total. The molecule has 0 bridgehead atoms. The normalized spacial score (nSPS) is 14.1. The van der Waals surface area contributed by atoms with E-state index in [2.05, 4.69) is 18.8 Å². The fraction of sp³-hybridized carbons (Fsp3) is 0.550. The molecule has 0 aliphatic carbocycles. The number of rotatable bonds is 12. The summed E-state index contributed by atoms with van der Waals surface area (Å²) < 4.78 is 0. The zero-order valence-corrected chi connectivity index (χ0v) is 14.5. The first-order valence-electron chi connectivity index (χ1n) is 8.61. The van der Waals surface area contributed by atoms with Crippen LogP contribution in [0.15, 0.2) is 36.5 Å². The number of allylic oxidation sites excluding steroid dienone is 4. The number of unbranched alkanes of at least 4 members (excludes halogenated alkanes) is 3. The van der Waals surface area contributed by atoms with Crippen LogP contribution in [0.25, 0.3) is 0 Å². The number of carboxylic acids is 1. The van der Waals surface area contributed by atoms with E-state index in [1.54, 1.807) is 36.5 Å². The van der Waals surface area contributed by atoms with Gasteiger partial charge in [0.05, 0.1) is 12.2 Å². The maximum absolute atomic E-state index is 10.3. The first kappa shape index (κ1) is 22.2. The number of aliphatic hydroxyl groups excluding tert-OH is 2. The van der Waals surface area contributed by atoms with Crippen LogP contribution in [-0.2, 0) is 4.79 Å². The summed E-state index contributed by atoms with van der Waals surface area (Å²) in [5.41, 5.74) is 0. The molecule has 0 aromatic heterocycles. The molecule has 0 heterocycles. The predicted molar refractivity (Wildman–Crippen MR) is 97.5 cm³/mol. The van der Waals surface area contributed by atoms with Gasteiger partial charge in [-0.15, -0.1) is 11.8 Å². The van der Waals surface area contributed by atoms with Gasteiger partial charge in [0.2, 0.25) is 0 Å². The molecule has 0 saturated heterocycles. The molecular formula is C20H30O4. The van der Waals surface area contributed by atoms with Crippen LogP contribution < -0.4 is 0 Å². The van der Waals surface area contributed by atoms with Gasteiger partial charge in [-0.3, -0.25) is 4.79 Å². The molecule has 134 valence electrons. The van der Waals surface area contributed by atoms with Crippen LogP contribution in [0.5, 0.6) is 0 Å². The van der Waals surface area contributed by atoms with Crippen molar-refractivity contribution in [2.24, 2.45) is 0 Å². The molecule has 0 fully saturated rings. The van der Waals surface area contributed by atoms with Crippen molar-refractivity contribution in [2.45, 2.75) is 70.5 Å². The monoisotopic (exact) mass is 334 g/mol. The van der Waals surface area contributed by atoms with Crippen LogP contribution in [-0.4, -0.2) is 33.5 Å². The van der Waals surface area contributed by atoms with Gasteiger partial charge in [0.15, 0.2) is 0 Å². The Kier molecular flexibility index (Phi) is 14.8. The average Bonchev–Trinajstić information content (AvgIpc) is 2.53. The first-order valence-corrected chi connectivity index (χ1v) is 8.61. The van der Waals surface area contributed by atoms with Gasteiger partial charge in [-0.2, -0.15) is 0 Å². The highest BCUT2D eigenvalue weighted by Crippen LogP contribution is 2.02. The zero-order valence-electron chi connectivity index (χ0n) is 14.5. The first-order chi connectivity index (χ1) is 11.6. The topological polar surface area (TPSA) is 77.8 Å². The van der Waals surface area contributed by atoms with Crippen molar-refractivity contribution >= 4 is 5.97 Å². The van der Waals surface area contributed by atoms with E-state index < -0.39 is 18.2 Å². The lowest BCUT2D eigenvalue weighted by Gasteiger charge is -2.02. The fourth-order valence-electron chi connectivity index (χ4n) is 1.87. The SMILES string of the molecule is CCCCCC#CC[C@H](O)/C=C/C=C/C=C\[C@H](O)CCCC(=O)O. The van der Waals surface area contributed by atoms with Crippen molar-refractivity contribution in [1.82, 2.24) is 0 Å². The quantitative estimate of drug-likeness (QED) is 0.289. The van der Waals surface area contributed by atoms with E-state index in [1.165, 1.54) is 12.8 Å². The van der Waals surface area contributed by atoms with Crippen molar-refractivity contribution < 1.29 is 20.1 Å². The molecule has 4 nitrogen and oxygen atoms in total. The highest BCUT2D eigenvalue weighted by atomic mass is 16.4. The number of carboxylic acid groups (broad SMARTS) is 1. The molecule has 0 spiro atoms. The zero-order chi connectivity index (χ0) is 18.0. The Hall–Kier alpha value is -1.83. The van der Waals surface area contributed by atoms with Crippen LogP contribution >= 0.6 is 0 Å². The van der Waals surface area contributed by atoms with Gasteiger partial charge in [0.25, 0.3) is 0 Å². The third-order valence-electron chi connectivity index (χ3n) is 3.23. The van der Waals surface area contributed by atoms with Gasteiger partial charge in [-0.1, -0.05) is 56.2 Å². The van der Waals surface area contributed by atoms with Crippen molar-refractivity contribution in [3.63, 3.8) is 0 Å². The van der Waals surface area contributed by atoms with Crippen molar-refractivity contribution in [1.29, 1.82) is 0 Å². The van der Waals surface area contributed by atoms with Crippen LogP contribution in [0.3, 0.4) is 0 Å². The van der Waals surface area contributed by atoms with Crippen LogP contribution in [0.1, 0.15) is 58.3 Å². The number of aliphatic hydroxyl groups is 2. The minimum atomic E-state index is -0.847. The summed E-state index contributed by atoms with van der Waals surface area (Å²) in [6.07, 6.45) is 14.8. The predicted octanol–water partition coefficient (Wildman–Crippen LogP) is 3.61. The smallest absolute Gasteiger partial charge is 0.303 e. The third kappa shape index (κ3) is 16.5. The Labute approximate surface area is 145 Å². The van der Waals surface area contributed by atoms with E-state index >= 15 is 0 Å². The van der Waals surface area contributed by atoms with E-state index in [0.29, 0.717) is 19.3 Å². The highest BCUT2D eigenvalue weighted by Gasteiger charge is 2.01. The maximum atomic E-state index is 10.3. The number of carbonyl (C=O) groups is 1. The molecule has 0 rings (SSSR count). The van der Waals surface area contributed by atoms with E-state index in [4.69, 9.17) is 5.11 Å². The van der Waals surface area contributed by atoms with E-state index in [0.717, 1.165) is 12.8 Å². The Morgan fingerprint density at radius 1 is 0.958 bits per heavy atom. The molecule has 0 aromatic carbocycles. The standard InChI is InChI=1S/C20H30O4/c1-2-3-4-5-6-9-13-18(21)14-10-7-8-11-15-19(22)16-12-17-20(23)24/h7-8,10-11,14-15,18-19,21-22H,2-5,12-13,16-17H2,1H3,(H,23,24)/b8-7+,14-10+,15-11-/t18-,19-/m0/s1. The molecule has 0 amide bonds. The molecule has 0 unspecified atom stereocenters. The molecule has 0 aliphatic rings. The van der Waals surface area contributed by atoms with Gasteiger partial charge < -0.3 is 15.3 Å². The lowest BCUT2D eigenvalue weighted by atomic mass is 10.1. The molecule has 24 heavy (non-hydrogen) atoms. The number of aliphatic carboxylic acids is 1. The molecule has 2 atom stereocenters. The molecular weight excluding hydrogens is 304 g/mol. The fourth-order valence-corrected chi connectivity index (χ4v) is 1.87. The lowest BCUT2D eigenvalue weighted by molar-refractivity contribution is -0.137. The van der Waals surface area contributed by atoms with Crippen LogP contribution in [0, 0.1) is 11.8 Å². The summed E-state index contributed by atoms with van der Waals surface area (Å²) in [4.78, 5) is 10.3. The summed E-state index contributed by atoms with van der Waals surface area (Å²) in [6, 6.07) is 0. The van der Waals surface area contributed by atoms with Gasteiger partial charge in [-0.05, 0) is 19.3 Å². The van der Waals surface area contributed by atoms with Gasteiger partial charge >= 0.3 is 5.97 Å². The molecule has 0 aliphatic heterocycles. The Morgan fingerprint density at radius 2 is 1.62 bits per heavy atom. The van der Waals surface area contributed by atoms with Crippen LogP contribution in [0.4, 0.5) is 0 Å². The lowest BCUT2D eigenvalue weighted by Crippen LogP contribution is -2.03. The summed E-state index contributed by atoms with van der Waals surface area (Å²) >= 11 is 0. The minimum absolute atomic E-state index is 0.0723. The average molecular weight is 334 g/mol. The molecule has 0 aromatic rings. The van der Waals surface area contributed by atoms with Gasteiger partial charge in [0, 0.05) is 19.3 Å². The Morgan fingerprint density at radius 3 is 2.25 bits per heavy atom. The number of hydrogen-bond donors (Lipinski definition) is 3. The largest absolute Gasteiger partial charge is 0.481 e. The summed E-state index contributed by atoms with van der Waals surface area (Å²) in [5, 5.41) is 27.8. The van der Waals surface area contributed by atoms with Gasteiger partial charge in [-0.25, -0.2) is 0 Å². The summed E-state index contributed by atoms with van der Waals surface area (Å²) in [5.74, 6) is 5.19. The van der Waals surface area contributed by atoms with Gasteiger partial charge in [0.1, 0.15) is 0 Å². The highest BCUT2D eigenvalue weighted by molar-refractivity contribution is 5.66. The number of hydrogen-bond acceptors (Lipinski definition) is 3. The molecule has 0 radical (unpaired) electrons. The van der Waals surface area contributed by atoms with E-state index in [-0.39, 0.29) is 6.42 Å². The summed E-state index contributed by atoms with van der Waals surface area (Å²) in [7, 11) is 0. The maximum Gasteiger partial charge on any atom is 0.303 e. The summed E-state index contributed by atoms with van der Waals surface area (Å²) in [6.45, 7) is 2.16. The second-order valence-corrected chi connectivity index (χ2v) is 5.59. The Bertz CT molecular complexity index is 466. The second-order valence-electron chi connectivity index (χ2n) is 5.59. The second kappa shape index (κ2) is 16.0. The van der Waals surface area contributed by atoms with Crippen molar-refractivity contribution in [3.8, 4) is 11.8 Å². The molecule has 0 saturated carbocycles. The Balaban J connectivity index is 3.85. The van der Waals surface area contributed by atoms with Crippen molar-refractivity contribution in [2.75, 3.05) is 0 Å². The minimum Gasteiger partial charge on any atom is -0.481 e.